The van der Waals surface area contributed by atoms with Gasteiger partial charge in [0, 0.05) is 11.6 Å². The van der Waals surface area contributed by atoms with Crippen LogP contribution < -0.4 is 0 Å². The lowest BCUT2D eigenvalue weighted by Crippen LogP contribution is -2.42. The molecule has 0 aromatic heterocycles. The molecule has 0 bridgehead atoms. The average Bonchev–Trinajstić information content (AvgIpc) is 2.45. The van der Waals surface area contributed by atoms with Crippen molar-refractivity contribution >= 4 is 11.8 Å². The summed E-state index contributed by atoms with van der Waals surface area (Å²) in [5, 5.41) is 0. The second kappa shape index (κ2) is 5.23. The first-order valence-electron chi connectivity index (χ1n) is 5.93. The number of methoxy groups -OCH3 is 1. The number of rotatable bonds is 2. The van der Waals surface area contributed by atoms with E-state index >= 15 is 0 Å². The Morgan fingerprint density at radius 1 is 1.38 bits per heavy atom. The lowest BCUT2D eigenvalue weighted by molar-refractivity contribution is -0.168. The zero-order valence-corrected chi connectivity index (χ0v) is 10.9. The summed E-state index contributed by atoms with van der Waals surface area (Å²) in [6.45, 7) is 0. The average molecular weight is 300 g/mol. The molecule has 21 heavy (non-hydrogen) atoms. The van der Waals surface area contributed by atoms with E-state index < -0.39 is 35.5 Å². The van der Waals surface area contributed by atoms with Gasteiger partial charge in [-0.3, -0.25) is 4.79 Å². The highest BCUT2D eigenvalue weighted by molar-refractivity contribution is 5.96. The van der Waals surface area contributed by atoms with E-state index in [0.29, 0.717) is 0 Å². The lowest BCUT2D eigenvalue weighted by Gasteiger charge is -2.32. The Labute approximate surface area is 118 Å². The molecular formula is C14H11F3O4. The van der Waals surface area contributed by atoms with Crippen molar-refractivity contribution in [3.63, 3.8) is 0 Å². The molecule has 1 aliphatic rings. The maximum atomic E-state index is 12.8. The van der Waals surface area contributed by atoms with Gasteiger partial charge in [-0.05, 0) is 12.1 Å². The molecule has 4 nitrogen and oxygen atoms in total. The second-order valence-corrected chi connectivity index (χ2v) is 4.46. The summed E-state index contributed by atoms with van der Waals surface area (Å²) in [5.74, 6) is -1.37. The number of carbonyl (C=O) groups is 2. The third-order valence-electron chi connectivity index (χ3n) is 3.12. The molecule has 112 valence electrons. The van der Waals surface area contributed by atoms with Gasteiger partial charge in [0.1, 0.15) is 0 Å². The number of alkyl halides is 3. The Bertz CT molecular complexity index is 606. The predicted molar refractivity (Wildman–Crippen MR) is 65.0 cm³/mol. The molecule has 0 aliphatic carbocycles. The van der Waals surface area contributed by atoms with E-state index in [0.717, 1.165) is 37.6 Å². The summed E-state index contributed by atoms with van der Waals surface area (Å²) in [6.07, 6.45) is -2.89. The van der Waals surface area contributed by atoms with Crippen molar-refractivity contribution in [3.8, 4) is 0 Å². The summed E-state index contributed by atoms with van der Waals surface area (Å²) in [6, 6.07) is 4.09. The molecule has 0 saturated carbocycles. The topological polar surface area (TPSA) is 52.6 Å². The van der Waals surface area contributed by atoms with Crippen molar-refractivity contribution in [1.29, 1.82) is 0 Å². The summed E-state index contributed by atoms with van der Waals surface area (Å²) in [7, 11) is 1.07. The van der Waals surface area contributed by atoms with Crippen molar-refractivity contribution in [3.05, 3.63) is 47.7 Å². The third kappa shape index (κ3) is 2.76. The van der Waals surface area contributed by atoms with Gasteiger partial charge in [-0.2, -0.15) is 13.2 Å². The molecule has 1 aromatic rings. The monoisotopic (exact) mass is 300 g/mol. The summed E-state index contributed by atoms with van der Waals surface area (Å²) in [5.41, 5.74) is -2.90. The predicted octanol–water partition coefficient (Wildman–Crippen LogP) is 2.58. The van der Waals surface area contributed by atoms with Gasteiger partial charge in [0.2, 0.25) is 5.60 Å². The number of ether oxygens (including phenoxy) is 2. The van der Waals surface area contributed by atoms with Gasteiger partial charge in [-0.1, -0.05) is 12.1 Å². The third-order valence-corrected chi connectivity index (χ3v) is 3.12. The van der Waals surface area contributed by atoms with Crippen LogP contribution in [-0.4, -0.2) is 18.9 Å². The Morgan fingerprint density at radius 2 is 2.10 bits per heavy atom. The number of esters is 1. The molecule has 1 aromatic carbocycles. The van der Waals surface area contributed by atoms with Crippen LogP contribution in [0.25, 0.3) is 0 Å². The zero-order chi connectivity index (χ0) is 15.7. The highest BCUT2D eigenvalue weighted by atomic mass is 19.4. The van der Waals surface area contributed by atoms with Crippen LogP contribution in [0.15, 0.2) is 36.6 Å². The normalized spacial score (nSPS) is 21.8. The first-order valence-corrected chi connectivity index (χ1v) is 5.93. The van der Waals surface area contributed by atoms with Gasteiger partial charge in [0.25, 0.3) is 0 Å². The van der Waals surface area contributed by atoms with Crippen LogP contribution in [0.4, 0.5) is 13.2 Å². The highest BCUT2D eigenvalue weighted by Gasteiger charge is 2.47. The van der Waals surface area contributed by atoms with Crippen LogP contribution in [0, 0.1) is 0 Å². The standard InChI is InChI=1S/C14H11F3O4/c1-20-12(19)13(8-11(18)5-6-21-13)9-3-2-4-10(7-9)14(15,16)17/h2-7H,8H2,1H3/t13-/m0/s1. The Kier molecular flexibility index (Phi) is 3.76. The van der Waals surface area contributed by atoms with Crippen LogP contribution >= 0.6 is 0 Å². The van der Waals surface area contributed by atoms with Gasteiger partial charge in [0.15, 0.2) is 5.78 Å². The maximum Gasteiger partial charge on any atom is 0.416 e. The van der Waals surface area contributed by atoms with Gasteiger partial charge in [-0.15, -0.1) is 0 Å². The fourth-order valence-corrected chi connectivity index (χ4v) is 2.09. The molecule has 0 fully saturated rings. The minimum atomic E-state index is -4.57. The van der Waals surface area contributed by atoms with Crippen molar-refractivity contribution in [1.82, 2.24) is 0 Å². The van der Waals surface area contributed by atoms with Crippen LogP contribution in [0.5, 0.6) is 0 Å². The van der Waals surface area contributed by atoms with E-state index in [-0.39, 0.29) is 5.56 Å². The molecule has 0 N–H and O–H groups in total. The number of carbonyl (C=O) groups excluding carboxylic acids is 2. The van der Waals surface area contributed by atoms with E-state index in [1.54, 1.807) is 0 Å². The molecule has 1 heterocycles. The highest BCUT2D eigenvalue weighted by Crippen LogP contribution is 2.37. The SMILES string of the molecule is COC(=O)[C@@]1(c2cccc(C(F)(F)F)c2)CC(=O)C=CO1. The Morgan fingerprint density at radius 3 is 2.67 bits per heavy atom. The smallest absolute Gasteiger partial charge is 0.416 e. The van der Waals surface area contributed by atoms with Gasteiger partial charge in [0.05, 0.1) is 25.4 Å². The number of hydrogen-bond donors (Lipinski definition) is 0. The van der Waals surface area contributed by atoms with E-state index in [1.165, 1.54) is 6.07 Å². The largest absolute Gasteiger partial charge is 0.478 e. The zero-order valence-electron chi connectivity index (χ0n) is 10.9. The number of hydrogen-bond acceptors (Lipinski definition) is 4. The van der Waals surface area contributed by atoms with Crippen LogP contribution in [0.2, 0.25) is 0 Å². The number of halogens is 3. The summed E-state index contributed by atoms with van der Waals surface area (Å²) >= 11 is 0. The van der Waals surface area contributed by atoms with Crippen molar-refractivity contribution in [2.45, 2.75) is 18.2 Å². The molecule has 2 rings (SSSR count). The van der Waals surface area contributed by atoms with Gasteiger partial charge < -0.3 is 9.47 Å². The van der Waals surface area contributed by atoms with E-state index in [2.05, 4.69) is 4.74 Å². The fourth-order valence-electron chi connectivity index (χ4n) is 2.09. The van der Waals surface area contributed by atoms with Crippen LogP contribution in [0.3, 0.4) is 0 Å². The fraction of sp³-hybridized carbons (Fsp3) is 0.286. The van der Waals surface area contributed by atoms with Crippen molar-refractivity contribution < 1.29 is 32.2 Å². The first-order chi connectivity index (χ1) is 9.79. The van der Waals surface area contributed by atoms with Crippen molar-refractivity contribution in [2.75, 3.05) is 7.11 Å². The molecule has 1 atom stereocenters. The van der Waals surface area contributed by atoms with Crippen molar-refractivity contribution in [2.24, 2.45) is 0 Å². The number of allylic oxidation sites excluding steroid dienone is 1. The molecule has 0 spiro atoms. The number of benzene rings is 1. The lowest BCUT2D eigenvalue weighted by atomic mass is 9.86. The number of ketones is 1. The maximum absolute atomic E-state index is 12.8. The van der Waals surface area contributed by atoms with E-state index in [4.69, 9.17) is 4.74 Å². The van der Waals surface area contributed by atoms with Gasteiger partial charge >= 0.3 is 12.1 Å². The molecule has 0 radical (unpaired) electrons. The summed E-state index contributed by atoms with van der Waals surface area (Å²) < 4.78 is 48.1. The van der Waals surface area contributed by atoms with Crippen LogP contribution in [0.1, 0.15) is 17.5 Å². The van der Waals surface area contributed by atoms with E-state index in [1.807, 2.05) is 0 Å². The molecule has 1 aliphatic heterocycles. The Hall–Kier alpha value is -2.31. The minimum absolute atomic E-state index is 0.0816. The molecular weight excluding hydrogens is 289 g/mol. The second-order valence-electron chi connectivity index (χ2n) is 4.46. The Balaban J connectivity index is 2.55. The summed E-state index contributed by atoms with van der Waals surface area (Å²) in [4.78, 5) is 23.5. The van der Waals surface area contributed by atoms with Gasteiger partial charge in [-0.25, -0.2) is 4.79 Å². The van der Waals surface area contributed by atoms with E-state index in [9.17, 15) is 22.8 Å². The minimum Gasteiger partial charge on any atom is -0.478 e. The molecule has 0 amide bonds. The van der Waals surface area contributed by atoms with Crippen LogP contribution in [-0.2, 0) is 30.8 Å². The molecule has 0 unspecified atom stereocenters. The molecule has 7 heteroatoms. The first kappa shape index (κ1) is 15.1. The quantitative estimate of drug-likeness (QED) is 0.788. The molecule has 0 saturated heterocycles.